The minimum absolute atomic E-state index is 0. The molecule has 2 N–H and O–H groups in total. The Balaban J connectivity index is 0. The number of hydroxylamine groups is 4. The maximum atomic E-state index is 9.39. The van der Waals surface area contributed by atoms with Gasteiger partial charge >= 0.3 is 0 Å². The molecule has 130 valence electrons. The first kappa shape index (κ1) is 23.6. The molecule has 0 aromatic carbocycles. The van der Waals surface area contributed by atoms with Crippen LogP contribution in [0.15, 0.2) is 0 Å². The Labute approximate surface area is 143 Å². The molecule has 0 aromatic rings. The molecule has 0 fully saturated rings. The zero-order valence-corrected chi connectivity index (χ0v) is 15.9. The lowest BCUT2D eigenvalue weighted by Crippen LogP contribution is -3.00. The van der Waals surface area contributed by atoms with Crippen LogP contribution in [0.25, 0.3) is 0 Å². The normalized spacial score (nSPS) is 11.4. The summed E-state index contributed by atoms with van der Waals surface area (Å²) in [6, 6.07) is 0. The SMILES string of the molecule is CCCCCCCCCCCCCCC[N+](O)(O)CC.[Br-]. The van der Waals surface area contributed by atoms with Gasteiger partial charge in [-0.3, -0.25) is 0 Å². The molecule has 0 heterocycles. The molecule has 0 saturated heterocycles. The second-order valence-corrected chi connectivity index (χ2v) is 6.16. The van der Waals surface area contributed by atoms with E-state index in [0.717, 1.165) is 12.8 Å². The summed E-state index contributed by atoms with van der Waals surface area (Å²) in [5.74, 6) is 0. The van der Waals surface area contributed by atoms with Crippen LogP contribution in [0.4, 0.5) is 0 Å². The standard InChI is InChI=1S/C17H38NO2.BrH/c1-3-5-6-7-8-9-10-11-12-13-14-15-16-17-18(19,20)4-2;/h19-20H,3-17H2,1-2H3;1H/q+1;/p-1. The van der Waals surface area contributed by atoms with Crippen molar-refractivity contribution in [2.75, 3.05) is 13.1 Å². The highest BCUT2D eigenvalue weighted by Gasteiger charge is 2.17. The molecule has 0 aliphatic carbocycles. The van der Waals surface area contributed by atoms with Crippen LogP contribution >= 0.6 is 0 Å². The van der Waals surface area contributed by atoms with Crippen LogP contribution in [0.2, 0.25) is 0 Å². The third-order valence-corrected chi connectivity index (χ3v) is 4.13. The van der Waals surface area contributed by atoms with Gasteiger partial charge in [0, 0.05) is 6.42 Å². The minimum atomic E-state index is -0.808. The molecule has 0 aliphatic heterocycles. The summed E-state index contributed by atoms with van der Waals surface area (Å²) in [7, 11) is 0. The fourth-order valence-electron chi connectivity index (χ4n) is 2.54. The highest BCUT2D eigenvalue weighted by molar-refractivity contribution is 4.48. The van der Waals surface area contributed by atoms with Crippen molar-refractivity contribution in [3.05, 3.63) is 0 Å². The van der Waals surface area contributed by atoms with Gasteiger partial charge in [-0.25, -0.2) is 0 Å². The molecule has 0 spiro atoms. The predicted octanol–water partition coefficient (Wildman–Crippen LogP) is 2.70. The van der Waals surface area contributed by atoms with E-state index in [1.807, 2.05) is 0 Å². The summed E-state index contributed by atoms with van der Waals surface area (Å²) in [6.07, 6.45) is 17.1. The monoisotopic (exact) mass is 367 g/mol. The molecule has 0 aliphatic rings. The number of rotatable bonds is 15. The summed E-state index contributed by atoms with van der Waals surface area (Å²) in [6.45, 7) is 4.90. The average Bonchev–Trinajstić information content (AvgIpc) is 2.44. The van der Waals surface area contributed by atoms with Gasteiger partial charge < -0.3 is 17.0 Å². The summed E-state index contributed by atoms with van der Waals surface area (Å²) in [4.78, 5) is -0.808. The van der Waals surface area contributed by atoms with Crippen molar-refractivity contribution in [3.63, 3.8) is 0 Å². The predicted molar refractivity (Wildman–Crippen MR) is 84.9 cm³/mol. The smallest absolute Gasteiger partial charge is 0.142 e. The number of quaternary nitrogens is 1. The molecule has 0 atom stereocenters. The lowest BCUT2D eigenvalue weighted by Gasteiger charge is -2.18. The van der Waals surface area contributed by atoms with Crippen LogP contribution in [0.5, 0.6) is 0 Å². The molecular weight excluding hydrogens is 330 g/mol. The van der Waals surface area contributed by atoms with Gasteiger partial charge in [0.05, 0.1) is 0 Å². The number of halogens is 1. The second kappa shape index (κ2) is 16.7. The van der Waals surface area contributed by atoms with E-state index in [1.165, 1.54) is 70.6 Å². The van der Waals surface area contributed by atoms with E-state index in [1.54, 1.807) is 6.92 Å². The third-order valence-electron chi connectivity index (χ3n) is 4.13. The molecule has 0 amide bonds. The van der Waals surface area contributed by atoms with Gasteiger partial charge in [0.25, 0.3) is 0 Å². The molecule has 0 unspecified atom stereocenters. The second-order valence-electron chi connectivity index (χ2n) is 6.16. The lowest BCUT2D eigenvalue weighted by atomic mass is 10.0. The van der Waals surface area contributed by atoms with E-state index in [4.69, 9.17) is 0 Å². The Hall–Kier alpha value is 0.360. The molecule has 0 rings (SSSR count). The van der Waals surface area contributed by atoms with Crippen LogP contribution in [-0.4, -0.2) is 28.3 Å². The first-order valence-electron chi connectivity index (χ1n) is 8.95. The highest BCUT2D eigenvalue weighted by atomic mass is 79.9. The van der Waals surface area contributed by atoms with E-state index in [2.05, 4.69) is 6.92 Å². The number of hydrogen-bond donors (Lipinski definition) is 2. The fourth-order valence-corrected chi connectivity index (χ4v) is 2.54. The first-order valence-corrected chi connectivity index (χ1v) is 8.95. The Morgan fingerprint density at radius 2 is 0.905 bits per heavy atom. The number of unbranched alkanes of at least 4 members (excludes halogenated alkanes) is 12. The first-order chi connectivity index (χ1) is 9.62. The number of nitrogens with zero attached hydrogens (tertiary/aromatic N) is 1. The van der Waals surface area contributed by atoms with Crippen LogP contribution in [0, 0.1) is 0 Å². The Morgan fingerprint density at radius 1 is 0.571 bits per heavy atom. The zero-order chi connectivity index (χ0) is 15.1. The Bertz CT molecular complexity index is 201. The van der Waals surface area contributed by atoms with E-state index >= 15 is 0 Å². The van der Waals surface area contributed by atoms with Crippen molar-refractivity contribution in [3.8, 4) is 0 Å². The van der Waals surface area contributed by atoms with Crippen LogP contribution in [0.3, 0.4) is 0 Å². The van der Waals surface area contributed by atoms with Crippen LogP contribution < -0.4 is 17.0 Å². The fraction of sp³-hybridized carbons (Fsp3) is 1.00. The van der Waals surface area contributed by atoms with Gasteiger partial charge in [0.15, 0.2) is 0 Å². The van der Waals surface area contributed by atoms with Gasteiger partial charge in [-0.15, -0.1) is 0 Å². The molecule has 0 radical (unpaired) electrons. The largest absolute Gasteiger partial charge is 1.00 e. The van der Waals surface area contributed by atoms with Gasteiger partial charge in [0.2, 0.25) is 0 Å². The highest BCUT2D eigenvalue weighted by Crippen LogP contribution is 2.12. The van der Waals surface area contributed by atoms with E-state index < -0.39 is 4.81 Å². The Morgan fingerprint density at radius 3 is 1.24 bits per heavy atom. The van der Waals surface area contributed by atoms with E-state index in [0.29, 0.717) is 13.1 Å². The topological polar surface area (TPSA) is 40.5 Å². The lowest BCUT2D eigenvalue weighted by molar-refractivity contribution is -1.24. The molecule has 0 bridgehead atoms. The Kier molecular flexibility index (Phi) is 18.8. The van der Waals surface area contributed by atoms with E-state index in [-0.39, 0.29) is 17.0 Å². The van der Waals surface area contributed by atoms with Crippen molar-refractivity contribution >= 4 is 0 Å². The molecule has 3 nitrogen and oxygen atoms in total. The van der Waals surface area contributed by atoms with Crippen LogP contribution in [0.1, 0.15) is 97.3 Å². The van der Waals surface area contributed by atoms with Gasteiger partial charge in [-0.05, 0) is 18.2 Å². The van der Waals surface area contributed by atoms with Crippen molar-refractivity contribution < 1.29 is 32.2 Å². The van der Waals surface area contributed by atoms with Crippen molar-refractivity contribution in [1.82, 2.24) is 0 Å². The maximum Gasteiger partial charge on any atom is 0.142 e. The minimum Gasteiger partial charge on any atom is -1.00 e. The quantitative estimate of drug-likeness (QED) is 0.265. The van der Waals surface area contributed by atoms with Crippen molar-refractivity contribution in [1.29, 1.82) is 0 Å². The van der Waals surface area contributed by atoms with Crippen LogP contribution in [-0.2, 0) is 0 Å². The van der Waals surface area contributed by atoms with Crippen molar-refractivity contribution in [2.45, 2.75) is 97.3 Å². The van der Waals surface area contributed by atoms with E-state index in [9.17, 15) is 10.4 Å². The number of hydrogen-bond acceptors (Lipinski definition) is 2. The van der Waals surface area contributed by atoms with Gasteiger partial charge in [-0.1, -0.05) is 77.6 Å². The van der Waals surface area contributed by atoms with Gasteiger partial charge in [-0.2, -0.15) is 10.4 Å². The van der Waals surface area contributed by atoms with Crippen molar-refractivity contribution in [2.24, 2.45) is 0 Å². The molecular formula is C17H38BrNO2. The van der Waals surface area contributed by atoms with Gasteiger partial charge in [0.1, 0.15) is 13.1 Å². The third kappa shape index (κ3) is 18.3. The molecule has 21 heavy (non-hydrogen) atoms. The average molecular weight is 368 g/mol. The maximum absolute atomic E-state index is 9.39. The summed E-state index contributed by atoms with van der Waals surface area (Å²) in [5, 5.41) is 18.8. The summed E-state index contributed by atoms with van der Waals surface area (Å²) >= 11 is 0. The summed E-state index contributed by atoms with van der Waals surface area (Å²) in [5.41, 5.74) is 0. The molecule has 0 aromatic heterocycles. The zero-order valence-electron chi connectivity index (χ0n) is 14.3. The molecule has 0 saturated carbocycles. The molecule has 4 heteroatoms. The summed E-state index contributed by atoms with van der Waals surface area (Å²) < 4.78 is 0.